The van der Waals surface area contributed by atoms with Gasteiger partial charge in [-0.3, -0.25) is 19.9 Å². The molecule has 1 aromatic carbocycles. The Labute approximate surface area is 190 Å². The van der Waals surface area contributed by atoms with Crippen LogP contribution in [0.5, 0.6) is 0 Å². The minimum absolute atomic E-state index is 0.0112. The lowest BCUT2D eigenvalue weighted by atomic mass is 10.1. The third-order valence-electron chi connectivity index (χ3n) is 4.32. The first kappa shape index (κ1) is 22.9. The molecule has 0 aliphatic carbocycles. The standard InChI is InChI=1S/C18H20N4O4S4/c1-27-8-12(23)21-13-15(24)22-14(17(25)26)11(7-28-16(13)22)30-10-5-3-2-4-9(10)6-29-18(19)20/h2-5,13,16H,6-8H2,1H3,(H3,19,20)(H,21,23)(H,25,26)/t13-,16-/m1/s1. The second-order valence-corrected chi connectivity index (χ2v) is 10.5. The number of hydrogen-bond acceptors (Lipinski definition) is 8. The van der Waals surface area contributed by atoms with E-state index in [0.717, 1.165) is 10.5 Å². The summed E-state index contributed by atoms with van der Waals surface area (Å²) in [5.74, 6) is -0.643. The van der Waals surface area contributed by atoms with Crippen LogP contribution in [0.4, 0.5) is 0 Å². The Bertz CT molecular complexity index is 923. The van der Waals surface area contributed by atoms with Crippen LogP contribution in [0.15, 0.2) is 39.8 Å². The van der Waals surface area contributed by atoms with Crippen molar-refractivity contribution in [3.05, 3.63) is 40.4 Å². The van der Waals surface area contributed by atoms with Gasteiger partial charge >= 0.3 is 5.97 Å². The molecule has 0 aromatic heterocycles. The molecule has 2 amide bonds. The summed E-state index contributed by atoms with van der Waals surface area (Å²) in [6, 6.07) is 6.82. The number of amidine groups is 1. The van der Waals surface area contributed by atoms with Gasteiger partial charge in [0.15, 0.2) is 5.17 Å². The van der Waals surface area contributed by atoms with Crippen molar-refractivity contribution >= 4 is 70.0 Å². The van der Waals surface area contributed by atoms with E-state index >= 15 is 0 Å². The summed E-state index contributed by atoms with van der Waals surface area (Å²) in [5.41, 5.74) is 6.34. The second kappa shape index (κ2) is 10.0. The minimum Gasteiger partial charge on any atom is -0.477 e. The van der Waals surface area contributed by atoms with Gasteiger partial charge in [0.05, 0.1) is 5.75 Å². The summed E-state index contributed by atoms with van der Waals surface area (Å²) in [6.45, 7) is 0. The van der Waals surface area contributed by atoms with Gasteiger partial charge in [-0.25, -0.2) is 4.79 Å². The van der Waals surface area contributed by atoms with Crippen LogP contribution < -0.4 is 11.1 Å². The Kier molecular flexibility index (Phi) is 7.66. The van der Waals surface area contributed by atoms with Crippen molar-refractivity contribution in [1.82, 2.24) is 10.2 Å². The molecule has 3 rings (SSSR count). The van der Waals surface area contributed by atoms with Crippen molar-refractivity contribution in [2.24, 2.45) is 5.73 Å². The molecule has 30 heavy (non-hydrogen) atoms. The van der Waals surface area contributed by atoms with Gasteiger partial charge in [-0.1, -0.05) is 41.7 Å². The summed E-state index contributed by atoms with van der Waals surface area (Å²) < 4.78 is 0. The molecule has 0 radical (unpaired) electrons. The van der Waals surface area contributed by atoms with Crippen LogP contribution in [-0.2, 0) is 20.1 Å². The highest BCUT2D eigenvalue weighted by Gasteiger charge is 2.54. The normalized spacial score (nSPS) is 20.4. The van der Waals surface area contributed by atoms with Crippen molar-refractivity contribution in [3.8, 4) is 0 Å². The first-order valence-corrected chi connectivity index (χ1v) is 13.0. The fourth-order valence-corrected chi connectivity index (χ4v) is 6.63. The SMILES string of the molecule is CSCC(=O)N[C@@H]1C(=O)N2C(C(=O)O)=C(Sc3ccccc3CSC(=N)N)CS[C@H]12. The zero-order valence-corrected chi connectivity index (χ0v) is 19.2. The van der Waals surface area contributed by atoms with Crippen molar-refractivity contribution in [2.75, 3.05) is 17.8 Å². The average molecular weight is 485 g/mol. The zero-order chi connectivity index (χ0) is 21.8. The predicted octanol–water partition coefficient (Wildman–Crippen LogP) is 1.96. The molecular weight excluding hydrogens is 464 g/mol. The maximum Gasteiger partial charge on any atom is 0.353 e. The highest BCUT2D eigenvalue weighted by Crippen LogP contribution is 2.45. The van der Waals surface area contributed by atoms with Crippen LogP contribution in [0.25, 0.3) is 0 Å². The van der Waals surface area contributed by atoms with E-state index in [-0.39, 0.29) is 22.5 Å². The molecule has 160 valence electrons. The van der Waals surface area contributed by atoms with E-state index in [9.17, 15) is 19.5 Å². The van der Waals surface area contributed by atoms with E-state index in [0.29, 0.717) is 16.4 Å². The first-order chi connectivity index (χ1) is 14.3. The van der Waals surface area contributed by atoms with Crippen LogP contribution >= 0.6 is 47.0 Å². The molecule has 0 spiro atoms. The van der Waals surface area contributed by atoms with Crippen molar-refractivity contribution in [3.63, 3.8) is 0 Å². The molecule has 12 heteroatoms. The molecule has 2 aliphatic heterocycles. The number of carboxylic acid groups (broad SMARTS) is 1. The molecule has 1 aromatic rings. The number of β-lactam (4-membered cyclic amide) rings is 1. The number of nitrogens with two attached hydrogens (primary N) is 1. The van der Waals surface area contributed by atoms with E-state index in [1.165, 1.54) is 51.9 Å². The highest BCUT2D eigenvalue weighted by atomic mass is 32.2. The van der Waals surface area contributed by atoms with Gasteiger partial charge < -0.3 is 16.2 Å². The molecule has 5 N–H and O–H groups in total. The second-order valence-electron chi connectivity index (χ2n) is 6.33. The number of benzene rings is 1. The van der Waals surface area contributed by atoms with E-state index in [1.54, 1.807) is 6.26 Å². The molecule has 2 aliphatic rings. The monoisotopic (exact) mass is 484 g/mol. The summed E-state index contributed by atoms with van der Waals surface area (Å²) in [7, 11) is 0. The van der Waals surface area contributed by atoms with E-state index in [4.69, 9.17) is 11.1 Å². The number of nitrogens with zero attached hydrogens (tertiary/aromatic N) is 1. The van der Waals surface area contributed by atoms with E-state index < -0.39 is 23.3 Å². The number of carbonyl (C=O) groups is 3. The molecule has 0 bridgehead atoms. The van der Waals surface area contributed by atoms with Gasteiger partial charge in [0.1, 0.15) is 17.1 Å². The van der Waals surface area contributed by atoms with Crippen LogP contribution in [0.1, 0.15) is 5.56 Å². The number of carboxylic acids is 1. The van der Waals surface area contributed by atoms with Gasteiger partial charge in [0, 0.05) is 21.3 Å². The number of carbonyl (C=O) groups excluding carboxylic acids is 2. The number of amides is 2. The molecule has 2 atom stereocenters. The lowest BCUT2D eigenvalue weighted by Crippen LogP contribution is -2.70. The lowest BCUT2D eigenvalue weighted by molar-refractivity contribution is -0.150. The Morgan fingerprint density at radius 1 is 1.40 bits per heavy atom. The third-order valence-corrected chi connectivity index (χ3v) is 8.30. The number of nitrogens with one attached hydrogen (secondary N) is 2. The quantitative estimate of drug-likeness (QED) is 0.248. The number of aliphatic carboxylic acids is 1. The molecule has 8 nitrogen and oxygen atoms in total. The fraction of sp³-hybridized carbons (Fsp3) is 0.333. The summed E-state index contributed by atoms with van der Waals surface area (Å²) in [4.78, 5) is 39.2. The van der Waals surface area contributed by atoms with Gasteiger partial charge in [-0.15, -0.1) is 11.8 Å². The molecule has 1 saturated heterocycles. The molecule has 2 heterocycles. The van der Waals surface area contributed by atoms with Crippen molar-refractivity contribution < 1.29 is 19.5 Å². The Morgan fingerprint density at radius 2 is 2.13 bits per heavy atom. The molecule has 0 saturated carbocycles. The third kappa shape index (κ3) is 4.93. The smallest absolute Gasteiger partial charge is 0.353 e. The molecule has 1 fully saturated rings. The number of rotatable bonds is 8. The maximum absolute atomic E-state index is 12.6. The van der Waals surface area contributed by atoms with Crippen molar-refractivity contribution in [2.45, 2.75) is 22.1 Å². The van der Waals surface area contributed by atoms with Crippen LogP contribution in [0.2, 0.25) is 0 Å². The van der Waals surface area contributed by atoms with Gasteiger partial charge in [0.25, 0.3) is 5.91 Å². The summed E-state index contributed by atoms with van der Waals surface area (Å²) >= 11 is 5.30. The fourth-order valence-electron chi connectivity index (χ4n) is 3.03. The molecular formula is C18H20N4O4S4. The van der Waals surface area contributed by atoms with Gasteiger partial charge in [-0.05, 0) is 17.9 Å². The largest absolute Gasteiger partial charge is 0.477 e. The number of fused-ring (bicyclic) bond motifs is 1. The number of hydrogen-bond donors (Lipinski definition) is 4. The van der Waals surface area contributed by atoms with Crippen molar-refractivity contribution in [1.29, 1.82) is 5.41 Å². The van der Waals surface area contributed by atoms with Gasteiger partial charge in [0.2, 0.25) is 5.91 Å². The average Bonchev–Trinajstić information content (AvgIpc) is 2.71. The highest BCUT2D eigenvalue weighted by molar-refractivity contribution is 8.13. The molecule has 0 unspecified atom stereocenters. The van der Waals surface area contributed by atoms with Gasteiger partial charge in [-0.2, -0.15) is 11.8 Å². The minimum atomic E-state index is -1.17. The first-order valence-electron chi connectivity index (χ1n) is 8.75. The Balaban J connectivity index is 1.82. The summed E-state index contributed by atoms with van der Waals surface area (Å²) in [5, 5.41) is 19.5. The van der Waals surface area contributed by atoms with Crippen LogP contribution in [0.3, 0.4) is 0 Å². The topological polar surface area (TPSA) is 137 Å². The number of thioether (sulfide) groups is 4. The van der Waals surface area contributed by atoms with E-state index in [2.05, 4.69) is 5.32 Å². The summed E-state index contributed by atoms with van der Waals surface area (Å²) in [6.07, 6.45) is 1.80. The lowest BCUT2D eigenvalue weighted by Gasteiger charge is -2.49. The predicted molar refractivity (Wildman–Crippen MR) is 124 cm³/mol. The maximum atomic E-state index is 12.6. The van der Waals surface area contributed by atoms with E-state index in [1.807, 2.05) is 24.3 Å². The van der Waals surface area contributed by atoms with Crippen LogP contribution in [-0.4, -0.2) is 62.1 Å². The zero-order valence-electron chi connectivity index (χ0n) is 15.9. The Morgan fingerprint density at radius 3 is 2.80 bits per heavy atom. The Hall–Kier alpha value is -1.76. The van der Waals surface area contributed by atoms with Crippen LogP contribution in [0, 0.1) is 5.41 Å².